The van der Waals surface area contributed by atoms with Gasteiger partial charge in [-0.25, -0.2) is 4.39 Å². The molecule has 2 saturated heterocycles. The highest BCUT2D eigenvalue weighted by Gasteiger charge is 2.24. The fourth-order valence-electron chi connectivity index (χ4n) is 4.94. The van der Waals surface area contributed by atoms with E-state index in [9.17, 15) is 14.0 Å². The van der Waals surface area contributed by atoms with Crippen LogP contribution in [0.2, 0.25) is 0 Å². The van der Waals surface area contributed by atoms with Crippen LogP contribution in [0.4, 0.5) is 15.8 Å². The third kappa shape index (κ3) is 6.23. The molecule has 2 amide bonds. The van der Waals surface area contributed by atoms with Crippen LogP contribution in [0, 0.1) is 11.7 Å². The molecular weight excluding hydrogens is 459 g/mol. The number of carbonyl (C=O) groups excluding carboxylic acids is 2. The molecule has 2 aliphatic rings. The molecule has 0 spiro atoms. The van der Waals surface area contributed by atoms with E-state index >= 15 is 0 Å². The van der Waals surface area contributed by atoms with Crippen molar-refractivity contribution in [2.75, 3.05) is 62.7 Å². The Hall–Kier alpha value is -2.97. The lowest BCUT2D eigenvalue weighted by Gasteiger charge is -2.36. The Bertz CT molecular complexity index is 1040. The first kappa shape index (κ1) is 26.1. The summed E-state index contributed by atoms with van der Waals surface area (Å²) in [6.45, 7) is 9.98. The summed E-state index contributed by atoms with van der Waals surface area (Å²) in [4.78, 5) is 31.6. The number of ether oxygens (including phenoxy) is 1. The van der Waals surface area contributed by atoms with Crippen molar-refractivity contribution in [2.24, 2.45) is 5.92 Å². The zero-order chi connectivity index (χ0) is 25.5. The molecule has 36 heavy (non-hydrogen) atoms. The number of halogens is 1. The number of rotatable bonds is 8. The van der Waals surface area contributed by atoms with Crippen LogP contribution in [0.25, 0.3) is 0 Å². The van der Waals surface area contributed by atoms with Gasteiger partial charge in [0.1, 0.15) is 5.82 Å². The van der Waals surface area contributed by atoms with E-state index < -0.39 is 0 Å². The van der Waals surface area contributed by atoms with E-state index in [1.54, 1.807) is 12.1 Å². The minimum Gasteiger partial charge on any atom is -0.378 e. The van der Waals surface area contributed by atoms with Gasteiger partial charge in [-0.1, -0.05) is 32.0 Å². The van der Waals surface area contributed by atoms with Gasteiger partial charge in [-0.05, 0) is 42.7 Å². The Morgan fingerprint density at radius 1 is 0.972 bits per heavy atom. The highest BCUT2D eigenvalue weighted by Crippen LogP contribution is 2.25. The quantitative estimate of drug-likeness (QED) is 0.599. The lowest BCUT2D eigenvalue weighted by atomic mass is 10.0. The maximum atomic E-state index is 15.0. The number of morpholine rings is 1. The van der Waals surface area contributed by atoms with Gasteiger partial charge in [0, 0.05) is 63.0 Å². The summed E-state index contributed by atoms with van der Waals surface area (Å²) in [5.74, 6) is -0.388. The van der Waals surface area contributed by atoms with E-state index in [1.165, 1.54) is 6.07 Å². The minimum atomic E-state index is -0.327. The van der Waals surface area contributed by atoms with Crippen LogP contribution < -0.4 is 10.2 Å². The third-order valence-corrected chi connectivity index (χ3v) is 7.22. The van der Waals surface area contributed by atoms with Crippen molar-refractivity contribution in [3.05, 3.63) is 59.4 Å². The smallest absolute Gasteiger partial charge is 0.254 e. The zero-order valence-electron chi connectivity index (χ0n) is 21.3. The van der Waals surface area contributed by atoms with Crippen LogP contribution in [0.1, 0.15) is 42.6 Å². The molecule has 7 nitrogen and oxygen atoms in total. The first-order chi connectivity index (χ1) is 17.5. The number of anilines is 2. The van der Waals surface area contributed by atoms with E-state index in [4.69, 9.17) is 4.74 Å². The highest BCUT2D eigenvalue weighted by molar-refractivity contribution is 5.95. The lowest BCUT2D eigenvalue weighted by molar-refractivity contribution is -0.120. The normalized spacial score (nSPS) is 16.9. The summed E-state index contributed by atoms with van der Waals surface area (Å²) in [6, 6.07) is 12.8. The average molecular weight is 497 g/mol. The van der Waals surface area contributed by atoms with E-state index in [2.05, 4.69) is 10.2 Å². The first-order valence-electron chi connectivity index (χ1n) is 13.0. The maximum Gasteiger partial charge on any atom is 0.254 e. The zero-order valence-corrected chi connectivity index (χ0v) is 21.3. The van der Waals surface area contributed by atoms with Crippen molar-refractivity contribution in [3.8, 4) is 0 Å². The fraction of sp³-hybridized carbons (Fsp3) is 0.500. The summed E-state index contributed by atoms with van der Waals surface area (Å²) in [6.07, 6.45) is 1.53. The van der Waals surface area contributed by atoms with Crippen molar-refractivity contribution >= 4 is 23.2 Å². The Balaban J connectivity index is 1.35. The van der Waals surface area contributed by atoms with Crippen molar-refractivity contribution < 1.29 is 18.7 Å². The van der Waals surface area contributed by atoms with Gasteiger partial charge in [-0.3, -0.25) is 14.5 Å². The van der Waals surface area contributed by atoms with Gasteiger partial charge in [0.05, 0.1) is 18.9 Å². The number of hydrogen-bond acceptors (Lipinski definition) is 5. The number of nitrogens with zero attached hydrogens (tertiary/aromatic N) is 3. The third-order valence-electron chi connectivity index (χ3n) is 7.22. The molecule has 0 atom stereocenters. The van der Waals surface area contributed by atoms with E-state index in [0.29, 0.717) is 57.3 Å². The molecule has 2 aromatic rings. The predicted octanol–water partition coefficient (Wildman–Crippen LogP) is 4.00. The molecule has 1 N–H and O–H groups in total. The maximum absolute atomic E-state index is 15.0. The molecule has 2 fully saturated rings. The van der Waals surface area contributed by atoms with E-state index in [-0.39, 0.29) is 23.5 Å². The van der Waals surface area contributed by atoms with Gasteiger partial charge in [-0.2, -0.15) is 0 Å². The average Bonchev–Trinajstić information content (AvgIpc) is 2.90. The standard InChI is InChI=1S/C28H37FN4O3/c1-3-21(4-2)27(34)30-23-9-10-26(25(29)19-23)32-13-11-31(12-14-32)20-22-7-5-6-8-24(22)28(35)33-15-17-36-18-16-33/h5-10,19,21H,3-4,11-18,20H2,1-2H3,(H,30,34). The molecule has 0 aromatic heterocycles. The Labute approximate surface area is 213 Å². The van der Waals surface area contributed by atoms with Gasteiger partial charge < -0.3 is 19.9 Å². The molecule has 2 aromatic carbocycles. The van der Waals surface area contributed by atoms with Gasteiger partial charge in [-0.15, -0.1) is 0 Å². The molecule has 8 heteroatoms. The minimum absolute atomic E-state index is 0.0601. The largest absolute Gasteiger partial charge is 0.378 e. The topological polar surface area (TPSA) is 65.1 Å². The number of amides is 2. The molecule has 0 unspecified atom stereocenters. The van der Waals surface area contributed by atoms with Crippen LogP contribution in [0.3, 0.4) is 0 Å². The first-order valence-corrected chi connectivity index (χ1v) is 13.0. The summed E-state index contributed by atoms with van der Waals surface area (Å²) in [5.41, 5.74) is 2.82. The second-order valence-electron chi connectivity index (χ2n) is 9.49. The summed E-state index contributed by atoms with van der Waals surface area (Å²) < 4.78 is 20.3. The molecule has 194 valence electrons. The van der Waals surface area contributed by atoms with Crippen molar-refractivity contribution in [2.45, 2.75) is 33.2 Å². The van der Waals surface area contributed by atoms with Crippen LogP contribution in [0.15, 0.2) is 42.5 Å². The number of benzene rings is 2. The molecule has 0 saturated carbocycles. The number of hydrogen-bond donors (Lipinski definition) is 1. The number of carbonyl (C=O) groups is 2. The second kappa shape index (κ2) is 12.3. The summed E-state index contributed by atoms with van der Waals surface area (Å²) in [7, 11) is 0. The van der Waals surface area contributed by atoms with Crippen LogP contribution in [-0.2, 0) is 16.1 Å². The molecule has 0 bridgehead atoms. The molecule has 0 aliphatic carbocycles. The molecule has 0 radical (unpaired) electrons. The van der Waals surface area contributed by atoms with Gasteiger partial charge in [0.15, 0.2) is 0 Å². The Kier molecular flexibility index (Phi) is 8.93. The predicted molar refractivity (Wildman–Crippen MR) is 140 cm³/mol. The van der Waals surface area contributed by atoms with Crippen LogP contribution in [-0.4, -0.2) is 74.1 Å². The van der Waals surface area contributed by atoms with E-state index in [0.717, 1.165) is 37.1 Å². The highest BCUT2D eigenvalue weighted by atomic mass is 19.1. The van der Waals surface area contributed by atoms with Crippen molar-refractivity contribution in [1.29, 1.82) is 0 Å². The van der Waals surface area contributed by atoms with Crippen molar-refractivity contribution in [3.63, 3.8) is 0 Å². The van der Waals surface area contributed by atoms with Crippen molar-refractivity contribution in [1.82, 2.24) is 9.80 Å². The number of piperazine rings is 1. The Morgan fingerprint density at radius 3 is 2.33 bits per heavy atom. The lowest BCUT2D eigenvalue weighted by Crippen LogP contribution is -2.46. The monoisotopic (exact) mass is 496 g/mol. The molecule has 2 aliphatic heterocycles. The summed E-state index contributed by atoms with van der Waals surface area (Å²) >= 11 is 0. The van der Waals surface area contributed by atoms with Crippen LogP contribution >= 0.6 is 0 Å². The van der Waals surface area contributed by atoms with E-state index in [1.807, 2.05) is 47.9 Å². The second-order valence-corrected chi connectivity index (χ2v) is 9.49. The molecular formula is C28H37FN4O3. The molecule has 4 rings (SSSR count). The Morgan fingerprint density at radius 2 is 1.67 bits per heavy atom. The van der Waals surface area contributed by atoms with Gasteiger partial charge >= 0.3 is 0 Å². The van der Waals surface area contributed by atoms with Crippen LogP contribution in [0.5, 0.6) is 0 Å². The molecule has 2 heterocycles. The van der Waals surface area contributed by atoms with Gasteiger partial charge in [0.2, 0.25) is 5.91 Å². The number of nitrogens with one attached hydrogen (secondary N) is 1. The van der Waals surface area contributed by atoms with Gasteiger partial charge in [0.25, 0.3) is 5.91 Å². The fourth-order valence-corrected chi connectivity index (χ4v) is 4.94. The SMILES string of the molecule is CCC(CC)C(=O)Nc1ccc(N2CCN(Cc3ccccc3C(=O)N3CCOCC3)CC2)c(F)c1. The summed E-state index contributed by atoms with van der Waals surface area (Å²) in [5, 5.41) is 2.84.